The zero-order chi connectivity index (χ0) is 49.5. The number of anilines is 3. The van der Waals surface area contributed by atoms with Crippen LogP contribution in [-0.2, 0) is 11.8 Å². The molecule has 0 unspecified atom stereocenters. The predicted octanol–water partition coefficient (Wildman–Crippen LogP) is 17.9. The van der Waals surface area contributed by atoms with E-state index in [0.717, 1.165) is 6.42 Å². The van der Waals surface area contributed by atoms with E-state index in [-0.39, 0.29) is 12.1 Å². The molecule has 354 valence electrons. The summed E-state index contributed by atoms with van der Waals surface area (Å²) in [4.78, 5) is 5.40. The summed E-state index contributed by atoms with van der Waals surface area (Å²) in [5.74, 6) is 0. The summed E-state index contributed by atoms with van der Waals surface area (Å²) in [6, 6.07) is 86.8. The average molecular weight is 958 g/mol. The Morgan fingerprint density at radius 2 is 0.849 bits per heavy atom. The summed E-state index contributed by atoms with van der Waals surface area (Å²) in [7, 11) is 0. The molecular formula is C70H60BNS. The van der Waals surface area contributed by atoms with Crippen LogP contribution in [-0.4, -0.2) is 6.71 Å². The molecule has 0 amide bonds. The van der Waals surface area contributed by atoms with E-state index in [0.29, 0.717) is 0 Å². The Balaban J connectivity index is 1.16. The highest BCUT2D eigenvalue weighted by molar-refractivity contribution is 8.00. The first-order valence-corrected chi connectivity index (χ1v) is 27.1. The molecule has 0 fully saturated rings. The van der Waals surface area contributed by atoms with Gasteiger partial charge in [0, 0.05) is 32.3 Å². The first-order valence-electron chi connectivity index (χ1n) is 26.3. The van der Waals surface area contributed by atoms with Gasteiger partial charge in [-0.1, -0.05) is 258 Å². The number of benzene rings is 10. The second-order valence-corrected chi connectivity index (χ2v) is 22.1. The van der Waals surface area contributed by atoms with Gasteiger partial charge >= 0.3 is 0 Å². The fraction of sp³-hybridized carbons (Fsp3) is 0.143. The number of aryl methyl sites for hydroxylation is 1. The second kappa shape index (κ2) is 19.8. The SMILES string of the molecule is CCCCCCc1cc2c3c(c1)N(c1c(-c4ccc(-c5ccccc5)cc4)cc(C(C)(C)C)cc1-c1ccc(-c4ccccc4)cc1)c1ccc(-c4ccccc4)cc1B3c1cc(-c3ccccc3)ccc1S2. The zero-order valence-corrected chi connectivity index (χ0v) is 43.2. The van der Waals surface area contributed by atoms with Crippen LogP contribution in [0.15, 0.2) is 240 Å². The first kappa shape index (κ1) is 46.5. The van der Waals surface area contributed by atoms with Crippen LogP contribution in [0.5, 0.6) is 0 Å². The van der Waals surface area contributed by atoms with Crippen LogP contribution >= 0.6 is 11.8 Å². The lowest BCUT2D eigenvalue weighted by Gasteiger charge is -2.42. The third-order valence-corrected chi connectivity index (χ3v) is 16.3. The maximum absolute atomic E-state index is 2.70. The number of rotatable bonds is 12. The normalized spacial score (nSPS) is 12.5. The topological polar surface area (TPSA) is 3.24 Å². The molecule has 0 saturated carbocycles. The highest BCUT2D eigenvalue weighted by Gasteiger charge is 2.43. The van der Waals surface area contributed by atoms with Gasteiger partial charge in [0.1, 0.15) is 0 Å². The van der Waals surface area contributed by atoms with E-state index < -0.39 is 0 Å². The molecule has 2 heterocycles. The van der Waals surface area contributed by atoms with Gasteiger partial charge in [-0.15, -0.1) is 0 Å². The van der Waals surface area contributed by atoms with Gasteiger partial charge in [-0.05, 0) is 132 Å². The monoisotopic (exact) mass is 957 g/mol. The van der Waals surface area contributed by atoms with Crippen molar-refractivity contribution in [3.05, 3.63) is 242 Å². The summed E-state index contributed by atoms with van der Waals surface area (Å²) < 4.78 is 0. The van der Waals surface area contributed by atoms with Crippen molar-refractivity contribution >= 4 is 51.9 Å². The van der Waals surface area contributed by atoms with E-state index in [4.69, 9.17) is 0 Å². The van der Waals surface area contributed by atoms with Crippen molar-refractivity contribution in [2.45, 2.75) is 75.0 Å². The van der Waals surface area contributed by atoms with Crippen LogP contribution in [0.4, 0.5) is 17.1 Å². The highest BCUT2D eigenvalue weighted by Crippen LogP contribution is 2.51. The molecule has 3 heteroatoms. The molecule has 2 aliphatic heterocycles. The lowest BCUT2D eigenvalue weighted by atomic mass is 9.34. The molecule has 0 saturated heterocycles. The highest BCUT2D eigenvalue weighted by atomic mass is 32.2. The summed E-state index contributed by atoms with van der Waals surface area (Å²) in [5, 5.41) is 0. The van der Waals surface area contributed by atoms with Gasteiger partial charge in [-0.3, -0.25) is 0 Å². The summed E-state index contributed by atoms with van der Waals surface area (Å²) in [6.07, 6.45) is 5.93. The molecule has 1 nitrogen and oxygen atoms in total. The minimum Gasteiger partial charge on any atom is -0.310 e. The van der Waals surface area contributed by atoms with E-state index in [9.17, 15) is 0 Å². The molecule has 0 aliphatic carbocycles. The van der Waals surface area contributed by atoms with Gasteiger partial charge in [0.05, 0.1) is 5.69 Å². The Bertz CT molecular complexity index is 3480. The Morgan fingerprint density at radius 1 is 0.397 bits per heavy atom. The number of hydrogen-bond acceptors (Lipinski definition) is 2. The summed E-state index contributed by atoms with van der Waals surface area (Å²) in [6.45, 7) is 9.40. The quantitative estimate of drug-likeness (QED) is 0.0887. The molecule has 0 aromatic heterocycles. The van der Waals surface area contributed by atoms with E-state index >= 15 is 0 Å². The molecule has 10 aromatic rings. The first-order chi connectivity index (χ1) is 35.8. The number of hydrogen-bond donors (Lipinski definition) is 0. The van der Waals surface area contributed by atoms with Gasteiger partial charge < -0.3 is 4.90 Å². The average Bonchev–Trinajstić information content (AvgIpc) is 3.44. The van der Waals surface area contributed by atoms with Crippen molar-refractivity contribution in [3.8, 4) is 66.8 Å². The Morgan fingerprint density at radius 3 is 1.36 bits per heavy atom. The third kappa shape index (κ3) is 9.06. The summed E-state index contributed by atoms with van der Waals surface area (Å²) >= 11 is 1.96. The standard InChI is InChI=1S/C70H60BNS/c1-5-6-7-12-21-48-42-65-68-67(43-48)73-66-41-39-58(52-28-19-11-20-29-52)45-63(66)71(68)62-44-57(51-26-17-10-18-27-51)38-40-64(62)72(65)69-60(55-34-30-53(31-35-55)49-22-13-8-14-23-49)46-59(70(2,3)4)47-61(69)56-36-32-54(33-37-56)50-24-15-9-16-25-50/h8-11,13-20,22-47H,5-7,12,21H2,1-4H3. The Labute approximate surface area is 437 Å². The third-order valence-electron chi connectivity index (χ3n) is 15.2. The summed E-state index contributed by atoms with van der Waals surface area (Å²) in [5.41, 5.74) is 25.1. The molecule has 73 heavy (non-hydrogen) atoms. The maximum Gasteiger partial charge on any atom is 0.249 e. The van der Waals surface area contributed by atoms with Crippen molar-refractivity contribution in [2.75, 3.05) is 4.90 Å². The second-order valence-electron chi connectivity index (χ2n) is 21.0. The molecule has 10 aromatic carbocycles. The molecule has 0 radical (unpaired) electrons. The van der Waals surface area contributed by atoms with Crippen LogP contribution in [0, 0.1) is 0 Å². The molecular weight excluding hydrogens is 898 g/mol. The molecule has 0 bridgehead atoms. The van der Waals surface area contributed by atoms with Crippen molar-refractivity contribution in [2.24, 2.45) is 0 Å². The number of nitrogens with zero attached hydrogens (tertiary/aromatic N) is 1. The molecule has 2 aliphatic rings. The van der Waals surface area contributed by atoms with Crippen molar-refractivity contribution in [1.82, 2.24) is 0 Å². The largest absolute Gasteiger partial charge is 0.310 e. The van der Waals surface area contributed by atoms with Crippen LogP contribution in [0.1, 0.15) is 64.5 Å². The lowest BCUT2D eigenvalue weighted by Crippen LogP contribution is -2.60. The van der Waals surface area contributed by atoms with Crippen molar-refractivity contribution in [3.63, 3.8) is 0 Å². The maximum atomic E-state index is 2.70. The van der Waals surface area contributed by atoms with Gasteiger partial charge in [0.15, 0.2) is 0 Å². The number of fused-ring (bicyclic) bond motifs is 4. The Kier molecular flexibility index (Phi) is 12.6. The molecule has 0 N–H and O–H groups in total. The van der Waals surface area contributed by atoms with Gasteiger partial charge in [-0.2, -0.15) is 0 Å². The van der Waals surface area contributed by atoms with Gasteiger partial charge in [-0.25, -0.2) is 0 Å². The van der Waals surface area contributed by atoms with Crippen LogP contribution in [0.2, 0.25) is 0 Å². The zero-order valence-electron chi connectivity index (χ0n) is 42.4. The fourth-order valence-corrected chi connectivity index (χ4v) is 12.5. The van der Waals surface area contributed by atoms with Crippen molar-refractivity contribution < 1.29 is 0 Å². The van der Waals surface area contributed by atoms with Crippen LogP contribution < -0.4 is 21.3 Å². The van der Waals surface area contributed by atoms with Crippen molar-refractivity contribution in [1.29, 1.82) is 0 Å². The van der Waals surface area contributed by atoms with Gasteiger partial charge in [0.25, 0.3) is 0 Å². The van der Waals surface area contributed by atoms with E-state index in [1.165, 1.54) is 147 Å². The van der Waals surface area contributed by atoms with Crippen LogP contribution in [0.3, 0.4) is 0 Å². The minimum atomic E-state index is -0.125. The molecule has 0 spiro atoms. The molecule has 12 rings (SSSR count). The minimum absolute atomic E-state index is 0.0185. The predicted molar refractivity (Wildman–Crippen MR) is 316 cm³/mol. The smallest absolute Gasteiger partial charge is 0.249 e. The van der Waals surface area contributed by atoms with E-state index in [1.54, 1.807) is 0 Å². The van der Waals surface area contributed by atoms with Gasteiger partial charge in [0.2, 0.25) is 6.71 Å². The Hall–Kier alpha value is -7.59. The fourth-order valence-electron chi connectivity index (χ4n) is 11.3. The van der Waals surface area contributed by atoms with E-state index in [2.05, 4.69) is 263 Å². The molecule has 0 atom stereocenters. The van der Waals surface area contributed by atoms with E-state index in [1.807, 2.05) is 11.8 Å². The number of unbranched alkanes of at least 4 members (excludes halogenated alkanes) is 3. The van der Waals surface area contributed by atoms with Crippen LogP contribution in [0.25, 0.3) is 66.8 Å². The lowest BCUT2D eigenvalue weighted by molar-refractivity contribution is 0.591.